The van der Waals surface area contributed by atoms with Crippen molar-refractivity contribution in [2.45, 2.75) is 25.4 Å². The average molecular weight is 421 g/mol. The highest BCUT2D eigenvalue weighted by Crippen LogP contribution is 2.30. The summed E-state index contributed by atoms with van der Waals surface area (Å²) in [6.45, 7) is 1.31. The van der Waals surface area contributed by atoms with E-state index in [4.69, 9.17) is 14.5 Å². The zero-order valence-electron chi connectivity index (χ0n) is 17.2. The fraction of sp³-hybridized carbons (Fsp3) is 0.364. The van der Waals surface area contributed by atoms with Gasteiger partial charge in [-0.15, -0.1) is 0 Å². The lowest BCUT2D eigenvalue weighted by molar-refractivity contribution is 0.0695. The minimum Gasteiger partial charge on any atom is -0.481 e. The van der Waals surface area contributed by atoms with Crippen LogP contribution in [0.2, 0.25) is 0 Å². The first-order chi connectivity index (χ1) is 15.2. The normalized spacial score (nSPS) is 15.0. The first-order valence-electron chi connectivity index (χ1n) is 10.3. The molecule has 0 atom stereocenters. The first kappa shape index (κ1) is 19.7. The van der Waals surface area contributed by atoms with Crippen molar-refractivity contribution in [1.29, 1.82) is 0 Å². The van der Waals surface area contributed by atoms with Gasteiger partial charge in [0.25, 0.3) is 0 Å². The molecule has 0 saturated carbocycles. The number of aliphatic hydroxyl groups is 1. The van der Waals surface area contributed by atoms with Crippen molar-refractivity contribution in [1.82, 2.24) is 24.1 Å². The van der Waals surface area contributed by atoms with Crippen molar-refractivity contribution in [2.75, 3.05) is 26.9 Å². The highest BCUT2D eigenvalue weighted by atomic mass is 16.5. The maximum atomic E-state index is 13.3. The maximum Gasteiger partial charge on any atom is 0.329 e. The van der Waals surface area contributed by atoms with Gasteiger partial charge in [-0.05, 0) is 31.0 Å². The molecular formula is C22H23N5O4. The number of hydrogen-bond donors (Lipinski definition) is 1. The molecule has 0 aliphatic carbocycles. The number of pyridine rings is 3. The van der Waals surface area contributed by atoms with Gasteiger partial charge < -0.3 is 14.6 Å². The van der Waals surface area contributed by atoms with Crippen LogP contribution in [0.3, 0.4) is 0 Å². The van der Waals surface area contributed by atoms with E-state index in [1.165, 1.54) is 0 Å². The molecule has 5 heterocycles. The number of nitrogens with zero attached hydrogens (tertiary/aromatic N) is 5. The topological polar surface area (TPSA) is 104 Å². The molecule has 1 N–H and O–H groups in total. The van der Waals surface area contributed by atoms with E-state index in [0.717, 1.165) is 29.6 Å². The Hall–Kier alpha value is -3.30. The molecule has 1 saturated heterocycles. The van der Waals surface area contributed by atoms with Crippen LogP contribution in [0.15, 0.2) is 41.5 Å². The van der Waals surface area contributed by atoms with Crippen molar-refractivity contribution < 1.29 is 14.6 Å². The molecule has 0 bridgehead atoms. The molecule has 4 aromatic rings. The van der Waals surface area contributed by atoms with Gasteiger partial charge >= 0.3 is 5.69 Å². The molecule has 0 spiro atoms. The third-order valence-corrected chi connectivity index (χ3v) is 5.76. The number of aliphatic hydroxyl groups excluding tert-OH is 1. The van der Waals surface area contributed by atoms with Crippen LogP contribution >= 0.6 is 0 Å². The molecule has 0 radical (unpaired) electrons. The van der Waals surface area contributed by atoms with E-state index in [9.17, 15) is 9.90 Å². The lowest BCUT2D eigenvalue weighted by Crippen LogP contribution is -2.31. The molecule has 5 rings (SSSR count). The van der Waals surface area contributed by atoms with Crippen molar-refractivity contribution in [3.05, 3.63) is 47.1 Å². The van der Waals surface area contributed by atoms with Crippen LogP contribution in [0.5, 0.6) is 5.88 Å². The summed E-state index contributed by atoms with van der Waals surface area (Å²) < 4.78 is 14.0. The number of ether oxygens (including phenoxy) is 2. The molecule has 1 fully saturated rings. The summed E-state index contributed by atoms with van der Waals surface area (Å²) in [4.78, 5) is 27.0. The number of fused-ring (bicyclic) bond motifs is 3. The smallest absolute Gasteiger partial charge is 0.329 e. The van der Waals surface area contributed by atoms with Gasteiger partial charge in [-0.3, -0.25) is 14.1 Å². The summed E-state index contributed by atoms with van der Waals surface area (Å²) in [5.41, 5.74) is 4.22. The number of hydrogen-bond acceptors (Lipinski definition) is 7. The summed E-state index contributed by atoms with van der Waals surface area (Å²) in [6.07, 6.45) is 4.91. The second-order valence-electron chi connectivity index (χ2n) is 7.52. The van der Waals surface area contributed by atoms with Gasteiger partial charge in [-0.2, -0.15) is 0 Å². The predicted octanol–water partition coefficient (Wildman–Crippen LogP) is 2.16. The van der Waals surface area contributed by atoms with Crippen molar-refractivity contribution in [2.24, 2.45) is 0 Å². The van der Waals surface area contributed by atoms with Gasteiger partial charge in [-0.1, -0.05) is 0 Å². The summed E-state index contributed by atoms with van der Waals surface area (Å²) >= 11 is 0. The fourth-order valence-corrected chi connectivity index (χ4v) is 4.22. The molecule has 4 aromatic heterocycles. The van der Waals surface area contributed by atoms with Crippen molar-refractivity contribution >= 4 is 22.1 Å². The van der Waals surface area contributed by atoms with Crippen LogP contribution in [-0.2, 0) is 11.3 Å². The van der Waals surface area contributed by atoms with Crippen molar-refractivity contribution in [3.8, 4) is 17.1 Å². The second-order valence-corrected chi connectivity index (χ2v) is 7.52. The van der Waals surface area contributed by atoms with Crippen molar-refractivity contribution in [3.63, 3.8) is 0 Å². The minimum atomic E-state index is -0.149. The molecule has 1 aliphatic heterocycles. The van der Waals surface area contributed by atoms with Crippen LogP contribution in [0, 0.1) is 0 Å². The monoisotopic (exact) mass is 421 g/mol. The van der Waals surface area contributed by atoms with Crippen LogP contribution in [-0.4, -0.2) is 56.1 Å². The molecule has 1 aliphatic rings. The number of aromatic nitrogens is 5. The zero-order chi connectivity index (χ0) is 21.4. The van der Waals surface area contributed by atoms with E-state index in [-0.39, 0.29) is 24.9 Å². The Morgan fingerprint density at radius 2 is 2.00 bits per heavy atom. The standard InChI is InChI=1S/C22H23N5O4/c1-30-19-5-2-14(12-24-19)16-3-4-17-20(25-16)21-18(13-23-17)26(8-9-28)22(29)27(21)15-6-10-31-11-7-15/h2-5,12-13,15,28H,6-11H2,1H3. The summed E-state index contributed by atoms with van der Waals surface area (Å²) in [5.74, 6) is 0.531. The Balaban J connectivity index is 1.76. The van der Waals surface area contributed by atoms with E-state index < -0.39 is 0 Å². The largest absolute Gasteiger partial charge is 0.481 e. The molecule has 160 valence electrons. The van der Waals surface area contributed by atoms with Crippen LogP contribution in [0.4, 0.5) is 0 Å². The van der Waals surface area contributed by atoms with E-state index in [1.54, 1.807) is 30.1 Å². The Morgan fingerprint density at radius 1 is 1.16 bits per heavy atom. The first-order valence-corrected chi connectivity index (χ1v) is 10.3. The summed E-state index contributed by atoms with van der Waals surface area (Å²) in [7, 11) is 1.57. The van der Waals surface area contributed by atoms with E-state index >= 15 is 0 Å². The van der Waals surface area contributed by atoms with E-state index in [0.29, 0.717) is 35.6 Å². The van der Waals surface area contributed by atoms with Gasteiger partial charge in [0, 0.05) is 37.1 Å². The predicted molar refractivity (Wildman–Crippen MR) is 115 cm³/mol. The molecule has 0 amide bonds. The Morgan fingerprint density at radius 3 is 2.71 bits per heavy atom. The van der Waals surface area contributed by atoms with Gasteiger partial charge in [0.1, 0.15) is 5.52 Å². The maximum absolute atomic E-state index is 13.3. The third kappa shape index (κ3) is 3.35. The summed E-state index contributed by atoms with van der Waals surface area (Å²) in [5, 5.41) is 9.53. The van der Waals surface area contributed by atoms with Crippen LogP contribution in [0.25, 0.3) is 33.3 Å². The number of methoxy groups -OCH3 is 1. The van der Waals surface area contributed by atoms with Gasteiger partial charge in [0.2, 0.25) is 5.88 Å². The van der Waals surface area contributed by atoms with Gasteiger partial charge in [0.15, 0.2) is 0 Å². The average Bonchev–Trinajstić information content (AvgIpc) is 3.11. The van der Waals surface area contributed by atoms with Crippen LogP contribution < -0.4 is 10.4 Å². The molecule has 31 heavy (non-hydrogen) atoms. The summed E-state index contributed by atoms with van der Waals surface area (Å²) in [6, 6.07) is 7.50. The third-order valence-electron chi connectivity index (χ3n) is 5.76. The Kier molecular flexibility index (Phi) is 5.13. The fourth-order valence-electron chi connectivity index (χ4n) is 4.22. The minimum absolute atomic E-state index is 0.0161. The quantitative estimate of drug-likeness (QED) is 0.527. The van der Waals surface area contributed by atoms with E-state index in [1.807, 2.05) is 22.8 Å². The second kappa shape index (κ2) is 8.09. The van der Waals surface area contributed by atoms with E-state index in [2.05, 4.69) is 9.97 Å². The SMILES string of the molecule is COc1ccc(-c2ccc3ncc4c(c3n2)n(C2CCOCC2)c(=O)n4CCO)cn1. The van der Waals surface area contributed by atoms with Gasteiger partial charge in [0.05, 0.1) is 48.7 Å². The zero-order valence-corrected chi connectivity index (χ0v) is 17.2. The van der Waals surface area contributed by atoms with Crippen LogP contribution in [0.1, 0.15) is 18.9 Å². The Bertz CT molecular complexity index is 1290. The molecule has 0 unspecified atom stereocenters. The number of imidazole rings is 1. The number of rotatable bonds is 5. The molecule has 0 aromatic carbocycles. The Labute approximate surface area is 177 Å². The molecular weight excluding hydrogens is 398 g/mol. The lowest BCUT2D eigenvalue weighted by atomic mass is 10.1. The highest BCUT2D eigenvalue weighted by molar-refractivity contribution is 6.00. The lowest BCUT2D eigenvalue weighted by Gasteiger charge is -2.23. The van der Waals surface area contributed by atoms with Gasteiger partial charge in [-0.25, -0.2) is 14.8 Å². The molecule has 9 heteroatoms. The molecule has 9 nitrogen and oxygen atoms in total. The highest BCUT2D eigenvalue weighted by Gasteiger charge is 2.25.